The Morgan fingerprint density at radius 3 is 2.26 bits per heavy atom. The monoisotopic (exact) mass is 374 g/mol. The van der Waals surface area contributed by atoms with Crippen LogP contribution in [-0.4, -0.2) is 20.7 Å². The molecule has 0 spiro atoms. The number of alkyl halides is 3. The van der Waals surface area contributed by atoms with E-state index in [0.717, 1.165) is 23.4 Å². The summed E-state index contributed by atoms with van der Waals surface area (Å²) in [6.07, 6.45) is -2.35. The van der Waals surface area contributed by atoms with Crippen molar-refractivity contribution in [3.63, 3.8) is 0 Å². The summed E-state index contributed by atoms with van der Waals surface area (Å²) in [4.78, 5) is 16.4. The van der Waals surface area contributed by atoms with Crippen molar-refractivity contribution in [2.45, 2.75) is 26.9 Å². The fourth-order valence-corrected chi connectivity index (χ4v) is 2.79. The normalized spacial score (nSPS) is 11.5. The second-order valence-electron chi connectivity index (χ2n) is 6.29. The van der Waals surface area contributed by atoms with Crippen LogP contribution in [0.4, 0.5) is 18.9 Å². The molecule has 0 radical (unpaired) electrons. The predicted molar refractivity (Wildman–Crippen MR) is 95.0 cm³/mol. The second kappa shape index (κ2) is 6.86. The minimum Gasteiger partial charge on any atom is -0.322 e. The molecular formula is C19H17F3N4O. The van der Waals surface area contributed by atoms with Gasteiger partial charge in [0.2, 0.25) is 0 Å². The van der Waals surface area contributed by atoms with E-state index in [0.29, 0.717) is 16.9 Å². The van der Waals surface area contributed by atoms with Gasteiger partial charge in [0.25, 0.3) is 5.91 Å². The summed E-state index contributed by atoms with van der Waals surface area (Å²) < 4.78 is 39.3. The number of nitrogens with one attached hydrogen (secondary N) is 1. The van der Waals surface area contributed by atoms with Crippen molar-refractivity contribution < 1.29 is 18.0 Å². The fraction of sp³-hybridized carbons (Fsp3) is 0.211. The topological polar surface area (TPSA) is 59.8 Å². The summed E-state index contributed by atoms with van der Waals surface area (Å²) >= 11 is 0. The quantitative estimate of drug-likeness (QED) is 0.736. The Morgan fingerprint density at radius 1 is 1.04 bits per heavy atom. The zero-order chi connectivity index (χ0) is 19.8. The standard InChI is InChI=1S/C19H17F3N4O/c1-11-6-12(2)8-15(7-11)25-18(27)16-10-24-26(13(16)3)17-5-4-14(9-23-17)19(20,21)22/h4-10H,1-3H3,(H,25,27). The van der Waals surface area contributed by atoms with Gasteiger partial charge < -0.3 is 5.32 Å². The molecule has 0 saturated heterocycles. The summed E-state index contributed by atoms with van der Waals surface area (Å²) in [5, 5.41) is 6.90. The highest BCUT2D eigenvalue weighted by Gasteiger charge is 2.30. The molecule has 3 rings (SSSR count). The van der Waals surface area contributed by atoms with Gasteiger partial charge in [-0.3, -0.25) is 4.79 Å². The van der Waals surface area contributed by atoms with Crippen LogP contribution < -0.4 is 5.32 Å². The Morgan fingerprint density at radius 2 is 1.70 bits per heavy atom. The van der Waals surface area contributed by atoms with Gasteiger partial charge in [-0.25, -0.2) is 9.67 Å². The first-order valence-electron chi connectivity index (χ1n) is 8.13. The van der Waals surface area contributed by atoms with Crippen molar-refractivity contribution >= 4 is 11.6 Å². The van der Waals surface area contributed by atoms with Crippen LogP contribution in [0.3, 0.4) is 0 Å². The maximum atomic E-state index is 12.7. The number of benzene rings is 1. The number of aryl methyl sites for hydroxylation is 2. The minimum absolute atomic E-state index is 0.200. The number of carbonyl (C=O) groups excluding carboxylic acids is 1. The predicted octanol–water partition coefficient (Wildman–Crippen LogP) is 4.46. The van der Waals surface area contributed by atoms with E-state index in [9.17, 15) is 18.0 Å². The number of aromatic nitrogens is 3. The fourth-order valence-electron chi connectivity index (χ4n) is 2.79. The van der Waals surface area contributed by atoms with Gasteiger partial charge in [0, 0.05) is 11.9 Å². The first-order valence-corrected chi connectivity index (χ1v) is 8.13. The van der Waals surface area contributed by atoms with Gasteiger partial charge in [0.05, 0.1) is 23.0 Å². The largest absolute Gasteiger partial charge is 0.417 e. The number of rotatable bonds is 3. The number of carbonyl (C=O) groups is 1. The van der Waals surface area contributed by atoms with Gasteiger partial charge in [-0.1, -0.05) is 6.07 Å². The van der Waals surface area contributed by atoms with Crippen LogP contribution in [0, 0.1) is 20.8 Å². The lowest BCUT2D eigenvalue weighted by atomic mass is 10.1. The van der Waals surface area contributed by atoms with Crippen molar-refractivity contribution in [1.82, 2.24) is 14.8 Å². The summed E-state index contributed by atoms with van der Waals surface area (Å²) in [5.74, 6) is -0.151. The number of hydrogen-bond acceptors (Lipinski definition) is 3. The van der Waals surface area contributed by atoms with Gasteiger partial charge in [0.15, 0.2) is 5.82 Å². The van der Waals surface area contributed by atoms with E-state index in [1.54, 1.807) is 6.92 Å². The van der Waals surface area contributed by atoms with E-state index in [1.807, 2.05) is 32.0 Å². The first-order chi connectivity index (χ1) is 12.6. The number of hydrogen-bond donors (Lipinski definition) is 1. The lowest BCUT2D eigenvalue weighted by Crippen LogP contribution is -2.13. The molecule has 0 aliphatic heterocycles. The number of amides is 1. The molecule has 8 heteroatoms. The van der Waals surface area contributed by atoms with E-state index in [1.165, 1.54) is 16.9 Å². The molecule has 1 amide bonds. The average Bonchev–Trinajstić information content (AvgIpc) is 2.95. The van der Waals surface area contributed by atoms with Crippen molar-refractivity contribution in [1.29, 1.82) is 0 Å². The zero-order valence-electron chi connectivity index (χ0n) is 14.9. The van der Waals surface area contributed by atoms with Gasteiger partial charge in [-0.15, -0.1) is 0 Å². The summed E-state index contributed by atoms with van der Waals surface area (Å²) in [7, 11) is 0. The summed E-state index contributed by atoms with van der Waals surface area (Å²) in [5.41, 5.74) is 2.65. The van der Waals surface area contributed by atoms with Gasteiger partial charge in [-0.05, 0) is 56.2 Å². The minimum atomic E-state index is -4.46. The van der Waals surface area contributed by atoms with Crippen LogP contribution in [-0.2, 0) is 6.18 Å². The molecule has 3 aromatic rings. The van der Waals surface area contributed by atoms with Crippen LogP contribution >= 0.6 is 0 Å². The van der Waals surface area contributed by atoms with Crippen LogP contribution in [0.25, 0.3) is 5.82 Å². The lowest BCUT2D eigenvalue weighted by Gasteiger charge is -2.09. The Bertz CT molecular complexity index is 971. The zero-order valence-corrected chi connectivity index (χ0v) is 14.9. The average molecular weight is 374 g/mol. The maximum absolute atomic E-state index is 12.7. The third kappa shape index (κ3) is 3.99. The van der Waals surface area contributed by atoms with Crippen LogP contribution in [0.15, 0.2) is 42.7 Å². The van der Waals surface area contributed by atoms with E-state index < -0.39 is 11.7 Å². The van der Waals surface area contributed by atoms with Crippen LogP contribution in [0.2, 0.25) is 0 Å². The molecule has 2 aromatic heterocycles. The Hall–Kier alpha value is -3.16. The SMILES string of the molecule is Cc1cc(C)cc(NC(=O)c2cnn(-c3ccc(C(F)(F)F)cn3)c2C)c1. The van der Waals surface area contributed by atoms with Crippen molar-refractivity contribution in [3.8, 4) is 5.82 Å². The highest BCUT2D eigenvalue weighted by Crippen LogP contribution is 2.29. The van der Waals surface area contributed by atoms with Gasteiger partial charge in [-0.2, -0.15) is 18.3 Å². The van der Waals surface area contributed by atoms with Crippen molar-refractivity contribution in [2.24, 2.45) is 0 Å². The molecule has 0 bridgehead atoms. The molecule has 0 saturated carbocycles. The van der Waals surface area contributed by atoms with Crippen molar-refractivity contribution in [2.75, 3.05) is 5.32 Å². The van der Waals surface area contributed by atoms with Gasteiger partial charge in [0.1, 0.15) is 0 Å². The third-order valence-corrected chi connectivity index (χ3v) is 4.03. The number of halogens is 3. The number of anilines is 1. The summed E-state index contributed by atoms with van der Waals surface area (Å²) in [6, 6.07) is 7.84. The maximum Gasteiger partial charge on any atom is 0.417 e. The molecule has 27 heavy (non-hydrogen) atoms. The van der Waals surface area contributed by atoms with E-state index in [4.69, 9.17) is 0 Å². The van der Waals surface area contributed by atoms with E-state index in [2.05, 4.69) is 15.4 Å². The molecule has 5 nitrogen and oxygen atoms in total. The van der Waals surface area contributed by atoms with Crippen LogP contribution in [0.5, 0.6) is 0 Å². The molecule has 0 atom stereocenters. The smallest absolute Gasteiger partial charge is 0.322 e. The lowest BCUT2D eigenvalue weighted by molar-refractivity contribution is -0.137. The first kappa shape index (κ1) is 18.6. The highest BCUT2D eigenvalue weighted by atomic mass is 19.4. The molecule has 0 aliphatic rings. The molecule has 2 heterocycles. The Balaban J connectivity index is 1.85. The van der Waals surface area contributed by atoms with E-state index >= 15 is 0 Å². The third-order valence-electron chi connectivity index (χ3n) is 4.03. The van der Waals surface area contributed by atoms with E-state index in [-0.39, 0.29) is 11.7 Å². The molecule has 0 unspecified atom stereocenters. The molecule has 0 aliphatic carbocycles. The molecular weight excluding hydrogens is 357 g/mol. The van der Waals surface area contributed by atoms with Crippen LogP contribution in [0.1, 0.15) is 32.7 Å². The molecule has 140 valence electrons. The molecule has 1 N–H and O–H groups in total. The molecule has 0 fully saturated rings. The molecule has 1 aromatic carbocycles. The Kier molecular flexibility index (Phi) is 4.73. The van der Waals surface area contributed by atoms with Gasteiger partial charge >= 0.3 is 6.18 Å². The number of pyridine rings is 1. The summed E-state index contributed by atoms with van der Waals surface area (Å²) in [6.45, 7) is 5.52. The number of nitrogens with zero attached hydrogens (tertiary/aromatic N) is 3. The highest BCUT2D eigenvalue weighted by molar-refractivity contribution is 6.05. The second-order valence-corrected chi connectivity index (χ2v) is 6.29. The Labute approximate surface area is 153 Å². The van der Waals surface area contributed by atoms with Crippen molar-refractivity contribution in [3.05, 3.63) is 70.7 Å².